The van der Waals surface area contributed by atoms with Crippen LogP contribution in [-0.2, 0) is 0 Å². The molecule has 1 aromatic carbocycles. The van der Waals surface area contributed by atoms with Gasteiger partial charge in [0.1, 0.15) is 0 Å². The predicted molar refractivity (Wildman–Crippen MR) is 114 cm³/mol. The molecule has 0 amide bonds. The fraction of sp³-hybridized carbons (Fsp3) is 0.556. The molecule has 1 N–H and O–H groups in total. The van der Waals surface area contributed by atoms with Gasteiger partial charge in [0.2, 0.25) is 0 Å². The van der Waals surface area contributed by atoms with Crippen LogP contribution in [0.5, 0.6) is 5.75 Å². The Balaban J connectivity index is 2.87. The fourth-order valence-corrected chi connectivity index (χ4v) is 9.36. The first kappa shape index (κ1) is 21.8. The number of unbranched alkanes of at least 4 members (excludes halogenated alkanes) is 2. The summed E-state index contributed by atoms with van der Waals surface area (Å²) in [6.07, 6.45) is 7.02. The van der Waals surface area contributed by atoms with Crippen LogP contribution >= 0.6 is 24.0 Å². The van der Waals surface area contributed by atoms with Gasteiger partial charge in [0.25, 0.3) is 0 Å². The van der Waals surface area contributed by atoms with E-state index in [4.69, 9.17) is 15.3 Å². The molecule has 133 valence electrons. The summed E-state index contributed by atoms with van der Waals surface area (Å²) in [4.78, 5) is 0. The van der Waals surface area contributed by atoms with Gasteiger partial charge >= 0.3 is 165 Å². The maximum absolute atomic E-state index is 6.55. The molecule has 0 aliphatic rings. The van der Waals surface area contributed by atoms with Crippen molar-refractivity contribution in [1.82, 2.24) is 5.43 Å². The SMILES string of the molecule is CCC[CH2][Sn]([CH2]CCC)[O]c1ccccc1/C(C)=N/NC(=S)SC. The predicted octanol–water partition coefficient (Wildman–Crippen LogP) is 5.62. The van der Waals surface area contributed by atoms with Crippen molar-refractivity contribution < 1.29 is 3.07 Å². The first-order valence-corrected chi connectivity index (χ1v) is 15.5. The van der Waals surface area contributed by atoms with E-state index >= 15 is 0 Å². The molecule has 0 fully saturated rings. The van der Waals surface area contributed by atoms with Crippen molar-refractivity contribution in [2.45, 2.75) is 55.3 Å². The third-order valence-corrected chi connectivity index (χ3v) is 11.4. The van der Waals surface area contributed by atoms with Crippen molar-refractivity contribution in [3.05, 3.63) is 29.8 Å². The van der Waals surface area contributed by atoms with Gasteiger partial charge in [0.15, 0.2) is 0 Å². The molecule has 0 saturated carbocycles. The molecule has 0 aliphatic carbocycles. The summed E-state index contributed by atoms with van der Waals surface area (Å²) >= 11 is 4.79. The Bertz CT molecular complexity index is 530. The van der Waals surface area contributed by atoms with Crippen LogP contribution in [0.2, 0.25) is 8.87 Å². The second kappa shape index (κ2) is 13.0. The number of nitrogens with zero attached hydrogens (tertiary/aromatic N) is 1. The zero-order valence-electron chi connectivity index (χ0n) is 15.2. The standard InChI is InChI=1S/C10H12N2OS2.2C4H9.Sn/c1-7(11-12-10(14)15-2)8-5-3-4-6-9(8)13;2*1-3-4-2;/h3-6,13H,1-2H3,(H,12,14);2*1,3-4H2,2H3;/q;;;+1/p-1/b11-7+;;;. The molecule has 0 unspecified atom stereocenters. The molecular formula is C18H29N2OS2Sn. The monoisotopic (exact) mass is 473 g/mol. The average molecular weight is 472 g/mol. The van der Waals surface area contributed by atoms with Crippen LogP contribution in [0.25, 0.3) is 0 Å². The van der Waals surface area contributed by atoms with Crippen molar-refractivity contribution in [1.29, 1.82) is 0 Å². The van der Waals surface area contributed by atoms with Gasteiger partial charge in [-0.1, -0.05) is 0 Å². The number of para-hydroxylation sites is 1. The number of hydrogen-bond donors (Lipinski definition) is 1. The van der Waals surface area contributed by atoms with Crippen molar-refractivity contribution >= 4 is 54.2 Å². The molecule has 0 saturated heterocycles. The van der Waals surface area contributed by atoms with Gasteiger partial charge in [-0.05, 0) is 0 Å². The van der Waals surface area contributed by atoms with Gasteiger partial charge in [0.05, 0.1) is 0 Å². The Morgan fingerprint density at radius 3 is 2.42 bits per heavy atom. The first-order chi connectivity index (χ1) is 11.6. The normalized spacial score (nSPS) is 11.6. The second-order valence-electron chi connectivity index (χ2n) is 5.64. The molecule has 24 heavy (non-hydrogen) atoms. The minimum atomic E-state index is -1.84. The second-order valence-corrected chi connectivity index (χ2v) is 13.6. The molecule has 0 heterocycles. The van der Waals surface area contributed by atoms with E-state index < -0.39 is 20.2 Å². The van der Waals surface area contributed by atoms with Crippen LogP contribution in [0.3, 0.4) is 0 Å². The van der Waals surface area contributed by atoms with Gasteiger partial charge in [-0.3, -0.25) is 0 Å². The van der Waals surface area contributed by atoms with Crippen LogP contribution in [0.4, 0.5) is 0 Å². The molecular weight excluding hydrogens is 443 g/mol. The Labute approximate surface area is 164 Å². The van der Waals surface area contributed by atoms with Crippen LogP contribution in [0.1, 0.15) is 52.0 Å². The van der Waals surface area contributed by atoms with E-state index in [0.29, 0.717) is 4.32 Å². The first-order valence-electron chi connectivity index (χ1n) is 8.62. The molecule has 3 nitrogen and oxygen atoms in total. The van der Waals surface area contributed by atoms with Gasteiger partial charge < -0.3 is 0 Å². The maximum atomic E-state index is 6.55. The van der Waals surface area contributed by atoms with E-state index in [-0.39, 0.29) is 0 Å². The Morgan fingerprint density at radius 2 is 1.83 bits per heavy atom. The number of thiocarbonyl (C=S) groups is 1. The zero-order chi connectivity index (χ0) is 17.8. The third kappa shape index (κ3) is 8.21. The number of rotatable bonds is 10. The molecule has 0 bridgehead atoms. The van der Waals surface area contributed by atoms with E-state index in [0.717, 1.165) is 17.0 Å². The number of hydrogen-bond acceptors (Lipinski definition) is 4. The van der Waals surface area contributed by atoms with Gasteiger partial charge in [0, 0.05) is 0 Å². The molecule has 0 spiro atoms. The number of hydrazone groups is 1. The molecule has 0 aliphatic heterocycles. The van der Waals surface area contributed by atoms with Crippen molar-refractivity contribution in [2.24, 2.45) is 5.10 Å². The van der Waals surface area contributed by atoms with E-state index in [1.807, 2.05) is 25.3 Å². The molecule has 0 aromatic heterocycles. The van der Waals surface area contributed by atoms with E-state index in [2.05, 4.69) is 36.5 Å². The Kier molecular flexibility index (Phi) is 11.8. The van der Waals surface area contributed by atoms with E-state index in [9.17, 15) is 0 Å². The Hall–Kier alpha value is -0.271. The fourth-order valence-electron chi connectivity index (χ4n) is 2.22. The van der Waals surface area contributed by atoms with Crippen LogP contribution in [0.15, 0.2) is 29.4 Å². The van der Waals surface area contributed by atoms with Crippen molar-refractivity contribution in [2.75, 3.05) is 6.26 Å². The quantitative estimate of drug-likeness (QED) is 0.208. The number of nitrogens with one attached hydrogen (secondary N) is 1. The molecule has 0 atom stereocenters. The summed E-state index contributed by atoms with van der Waals surface area (Å²) in [5.41, 5.74) is 4.90. The van der Waals surface area contributed by atoms with Crippen molar-refractivity contribution in [3.8, 4) is 5.75 Å². The zero-order valence-corrected chi connectivity index (χ0v) is 19.7. The van der Waals surface area contributed by atoms with Gasteiger partial charge in [-0.15, -0.1) is 0 Å². The summed E-state index contributed by atoms with van der Waals surface area (Å²) in [6.45, 7) is 6.51. The van der Waals surface area contributed by atoms with Gasteiger partial charge in [-0.2, -0.15) is 0 Å². The minimum absolute atomic E-state index is 0.676. The molecule has 1 radical (unpaired) electrons. The Morgan fingerprint density at radius 1 is 1.21 bits per heavy atom. The summed E-state index contributed by atoms with van der Waals surface area (Å²) < 4.78 is 9.84. The summed E-state index contributed by atoms with van der Waals surface area (Å²) in [5, 5.41) is 4.40. The summed E-state index contributed by atoms with van der Waals surface area (Å²) in [7, 11) is 0. The molecule has 6 heteroatoms. The molecule has 1 rings (SSSR count). The summed E-state index contributed by atoms with van der Waals surface area (Å²) in [6, 6.07) is 8.25. The van der Waals surface area contributed by atoms with Gasteiger partial charge in [-0.25, -0.2) is 0 Å². The van der Waals surface area contributed by atoms with E-state index in [1.54, 1.807) is 0 Å². The summed E-state index contributed by atoms with van der Waals surface area (Å²) in [5.74, 6) is 0.997. The number of thioether (sulfide) groups is 1. The van der Waals surface area contributed by atoms with E-state index in [1.165, 1.54) is 46.3 Å². The number of benzene rings is 1. The third-order valence-electron chi connectivity index (χ3n) is 3.65. The molecule has 1 aromatic rings. The topological polar surface area (TPSA) is 33.6 Å². The average Bonchev–Trinajstić information content (AvgIpc) is 2.61. The van der Waals surface area contributed by atoms with Crippen LogP contribution in [0, 0.1) is 0 Å². The van der Waals surface area contributed by atoms with Crippen LogP contribution < -0.4 is 8.50 Å². The van der Waals surface area contributed by atoms with Crippen molar-refractivity contribution in [3.63, 3.8) is 0 Å². The van der Waals surface area contributed by atoms with Crippen LogP contribution in [-0.4, -0.2) is 36.5 Å².